The highest BCUT2D eigenvalue weighted by Gasteiger charge is 2.10. The topological polar surface area (TPSA) is 48.5 Å². The molecule has 6 heteroatoms. The number of para-hydroxylation sites is 1. The van der Waals surface area contributed by atoms with Crippen molar-refractivity contribution in [2.45, 2.75) is 19.9 Å². The maximum Gasteiger partial charge on any atom is 0.317 e. The highest BCUT2D eigenvalue weighted by atomic mass is 32.1. The molecular weight excluding hydrogens is 308 g/mol. The van der Waals surface area contributed by atoms with Crippen LogP contribution in [-0.2, 0) is 6.54 Å². The number of benzene rings is 1. The summed E-state index contributed by atoms with van der Waals surface area (Å²) in [5.74, 6) is 0. The molecule has 0 atom stereocenters. The molecule has 0 spiro atoms. The lowest BCUT2D eigenvalue weighted by Gasteiger charge is -2.20. The smallest absolute Gasteiger partial charge is 0.317 e. The number of aryl methyl sites for hydroxylation is 1. The fourth-order valence-electron chi connectivity index (χ4n) is 2.25. The van der Waals surface area contributed by atoms with Gasteiger partial charge in [0.05, 0.1) is 17.2 Å². The Labute approximate surface area is 141 Å². The summed E-state index contributed by atoms with van der Waals surface area (Å²) in [6, 6.07) is 10.2. The molecule has 0 aliphatic heterocycles. The molecule has 23 heavy (non-hydrogen) atoms. The Bertz CT molecular complexity index is 614. The molecule has 1 N–H and O–H groups in total. The van der Waals surface area contributed by atoms with E-state index in [4.69, 9.17) is 0 Å². The van der Waals surface area contributed by atoms with Crippen LogP contribution in [0, 0.1) is 6.92 Å². The maximum absolute atomic E-state index is 12.0. The fraction of sp³-hybridized carbons (Fsp3) is 0.412. The van der Waals surface area contributed by atoms with E-state index in [0.29, 0.717) is 13.1 Å². The predicted molar refractivity (Wildman–Crippen MR) is 96.0 cm³/mol. The molecule has 0 unspecified atom stereocenters. The number of hydrogen-bond acceptors (Lipinski definition) is 4. The zero-order valence-corrected chi connectivity index (χ0v) is 14.8. The molecule has 1 heterocycles. The van der Waals surface area contributed by atoms with Crippen molar-refractivity contribution in [2.24, 2.45) is 0 Å². The summed E-state index contributed by atoms with van der Waals surface area (Å²) in [6.07, 6.45) is 0.904. The lowest BCUT2D eigenvalue weighted by molar-refractivity contribution is 0.206. The monoisotopic (exact) mass is 332 g/mol. The molecule has 5 nitrogen and oxygen atoms in total. The summed E-state index contributed by atoms with van der Waals surface area (Å²) >= 11 is 1.61. The van der Waals surface area contributed by atoms with Crippen LogP contribution < -0.4 is 10.2 Å². The van der Waals surface area contributed by atoms with Crippen molar-refractivity contribution in [3.05, 3.63) is 46.4 Å². The van der Waals surface area contributed by atoms with E-state index in [2.05, 4.69) is 34.4 Å². The van der Waals surface area contributed by atoms with Crippen LogP contribution in [0.2, 0.25) is 0 Å². The first-order valence-electron chi connectivity index (χ1n) is 7.72. The zero-order chi connectivity index (χ0) is 16.7. The molecule has 1 aromatic carbocycles. The summed E-state index contributed by atoms with van der Waals surface area (Å²) in [7, 11) is 3.86. The molecule has 2 rings (SSSR count). The first-order valence-corrected chi connectivity index (χ1v) is 8.60. The summed E-state index contributed by atoms with van der Waals surface area (Å²) in [5, 5.41) is 5.97. The molecule has 0 saturated carbocycles. The van der Waals surface area contributed by atoms with Gasteiger partial charge in [-0.05, 0) is 25.5 Å². The number of carbonyl (C=O) groups is 1. The Hall–Kier alpha value is -2.08. The SMILES string of the molecule is Cc1nc(CN(C)C(=O)NCCCN(C)c2ccccc2)cs1. The number of aromatic nitrogens is 1. The second-order valence-electron chi connectivity index (χ2n) is 5.56. The van der Waals surface area contributed by atoms with Crippen LogP contribution in [0.5, 0.6) is 0 Å². The highest BCUT2D eigenvalue weighted by Crippen LogP contribution is 2.11. The first kappa shape index (κ1) is 17.3. The van der Waals surface area contributed by atoms with Gasteiger partial charge in [-0.1, -0.05) is 18.2 Å². The van der Waals surface area contributed by atoms with E-state index < -0.39 is 0 Å². The van der Waals surface area contributed by atoms with E-state index in [0.717, 1.165) is 23.7 Å². The molecule has 0 bridgehead atoms. The minimum Gasteiger partial charge on any atom is -0.375 e. The maximum atomic E-state index is 12.0. The van der Waals surface area contributed by atoms with Gasteiger partial charge in [-0.15, -0.1) is 11.3 Å². The molecular formula is C17H24N4OS. The Kier molecular flexibility index (Phi) is 6.40. The minimum absolute atomic E-state index is 0.0574. The van der Waals surface area contributed by atoms with E-state index in [9.17, 15) is 4.79 Å². The largest absolute Gasteiger partial charge is 0.375 e. The van der Waals surface area contributed by atoms with Crippen molar-refractivity contribution < 1.29 is 4.79 Å². The van der Waals surface area contributed by atoms with Gasteiger partial charge in [-0.2, -0.15) is 0 Å². The van der Waals surface area contributed by atoms with Gasteiger partial charge in [0.2, 0.25) is 0 Å². The van der Waals surface area contributed by atoms with E-state index in [-0.39, 0.29) is 6.03 Å². The molecule has 124 valence electrons. The van der Waals surface area contributed by atoms with E-state index >= 15 is 0 Å². The van der Waals surface area contributed by atoms with E-state index in [1.54, 1.807) is 23.3 Å². The molecule has 1 aromatic heterocycles. The normalized spacial score (nSPS) is 10.4. The lowest BCUT2D eigenvalue weighted by Crippen LogP contribution is -2.38. The Balaban J connectivity index is 1.66. The van der Waals surface area contributed by atoms with E-state index in [1.807, 2.05) is 30.5 Å². The molecule has 0 aliphatic carbocycles. The van der Waals surface area contributed by atoms with Crippen molar-refractivity contribution in [2.75, 3.05) is 32.1 Å². The number of nitrogens with zero attached hydrogens (tertiary/aromatic N) is 3. The average Bonchev–Trinajstić information content (AvgIpc) is 2.96. The van der Waals surface area contributed by atoms with Crippen LogP contribution in [0.4, 0.5) is 10.5 Å². The molecule has 0 radical (unpaired) electrons. The molecule has 0 saturated heterocycles. The molecule has 2 aromatic rings. The zero-order valence-electron chi connectivity index (χ0n) is 14.0. The number of amides is 2. The number of anilines is 1. The van der Waals surface area contributed by atoms with Gasteiger partial charge >= 0.3 is 6.03 Å². The summed E-state index contributed by atoms with van der Waals surface area (Å²) in [5.41, 5.74) is 2.13. The summed E-state index contributed by atoms with van der Waals surface area (Å²) in [6.45, 7) is 4.08. The number of rotatable bonds is 7. The summed E-state index contributed by atoms with van der Waals surface area (Å²) in [4.78, 5) is 20.3. The van der Waals surface area contributed by atoms with Crippen molar-refractivity contribution in [1.82, 2.24) is 15.2 Å². The van der Waals surface area contributed by atoms with Gasteiger partial charge in [-0.25, -0.2) is 9.78 Å². The van der Waals surface area contributed by atoms with Crippen LogP contribution in [0.1, 0.15) is 17.1 Å². The van der Waals surface area contributed by atoms with E-state index in [1.165, 1.54) is 5.69 Å². The number of carbonyl (C=O) groups excluding carboxylic acids is 1. The van der Waals surface area contributed by atoms with Crippen molar-refractivity contribution in [1.29, 1.82) is 0 Å². The van der Waals surface area contributed by atoms with Crippen molar-refractivity contribution in [3.63, 3.8) is 0 Å². The number of hydrogen-bond donors (Lipinski definition) is 1. The van der Waals surface area contributed by atoms with Gasteiger partial charge in [0.25, 0.3) is 0 Å². The van der Waals surface area contributed by atoms with Gasteiger partial charge in [0.15, 0.2) is 0 Å². The highest BCUT2D eigenvalue weighted by molar-refractivity contribution is 7.09. The van der Waals surface area contributed by atoms with Crippen LogP contribution >= 0.6 is 11.3 Å². The standard InChI is InChI=1S/C17H24N4OS/c1-14-19-15(13-23-14)12-21(3)17(22)18-10-7-11-20(2)16-8-5-4-6-9-16/h4-6,8-9,13H,7,10-12H2,1-3H3,(H,18,22). The predicted octanol–water partition coefficient (Wildman–Crippen LogP) is 3.12. The first-order chi connectivity index (χ1) is 11.1. The number of urea groups is 1. The Morgan fingerprint density at radius 1 is 1.26 bits per heavy atom. The second kappa shape index (κ2) is 8.53. The fourth-order valence-corrected chi connectivity index (χ4v) is 2.86. The quantitative estimate of drug-likeness (QED) is 0.793. The van der Waals surface area contributed by atoms with Crippen LogP contribution in [0.25, 0.3) is 0 Å². The third-order valence-electron chi connectivity index (χ3n) is 3.56. The third-order valence-corrected chi connectivity index (χ3v) is 4.38. The van der Waals surface area contributed by atoms with Gasteiger partial charge in [0, 0.05) is 38.3 Å². The van der Waals surface area contributed by atoms with Crippen LogP contribution in [0.3, 0.4) is 0 Å². The Morgan fingerprint density at radius 3 is 2.65 bits per heavy atom. The van der Waals surface area contributed by atoms with Gasteiger partial charge < -0.3 is 15.1 Å². The average molecular weight is 332 g/mol. The Morgan fingerprint density at radius 2 is 2.00 bits per heavy atom. The molecule has 2 amide bonds. The lowest BCUT2D eigenvalue weighted by atomic mass is 10.3. The summed E-state index contributed by atoms with van der Waals surface area (Å²) < 4.78 is 0. The van der Waals surface area contributed by atoms with Gasteiger partial charge in [0.1, 0.15) is 0 Å². The van der Waals surface area contributed by atoms with Crippen LogP contribution in [0.15, 0.2) is 35.7 Å². The number of thiazole rings is 1. The van der Waals surface area contributed by atoms with Gasteiger partial charge in [-0.3, -0.25) is 0 Å². The minimum atomic E-state index is -0.0574. The molecule has 0 fully saturated rings. The van der Waals surface area contributed by atoms with Crippen molar-refractivity contribution in [3.8, 4) is 0 Å². The second-order valence-corrected chi connectivity index (χ2v) is 6.62. The van der Waals surface area contributed by atoms with Crippen LogP contribution in [-0.4, -0.2) is 43.1 Å². The number of nitrogens with one attached hydrogen (secondary N) is 1. The third kappa shape index (κ3) is 5.56. The van der Waals surface area contributed by atoms with Crippen molar-refractivity contribution >= 4 is 23.1 Å². The molecule has 0 aliphatic rings.